The van der Waals surface area contributed by atoms with Gasteiger partial charge in [0.05, 0.1) is 12.8 Å². The van der Waals surface area contributed by atoms with Crippen molar-refractivity contribution in [3.05, 3.63) is 89.6 Å². The molecule has 2 aromatic heterocycles. The van der Waals surface area contributed by atoms with Crippen molar-refractivity contribution < 1.29 is 9.50 Å². The largest absolute Gasteiger partial charge is 0.392 e. The first kappa shape index (κ1) is 18.8. The fraction of sp³-hybridized carbons (Fsp3) is 0.130. The predicted octanol–water partition coefficient (Wildman–Crippen LogP) is 4.93. The summed E-state index contributed by atoms with van der Waals surface area (Å²) >= 11 is 0. The van der Waals surface area contributed by atoms with Gasteiger partial charge in [0.1, 0.15) is 0 Å². The summed E-state index contributed by atoms with van der Waals surface area (Å²) in [7, 11) is 0. The van der Waals surface area contributed by atoms with Crippen molar-refractivity contribution in [3.63, 3.8) is 0 Å². The second kappa shape index (κ2) is 7.85. The highest BCUT2D eigenvalue weighted by molar-refractivity contribution is 5.67. The molecule has 29 heavy (non-hydrogen) atoms. The highest BCUT2D eigenvalue weighted by atomic mass is 19.1. The van der Waals surface area contributed by atoms with E-state index in [1.165, 1.54) is 0 Å². The predicted molar refractivity (Wildman–Crippen MR) is 112 cm³/mol. The van der Waals surface area contributed by atoms with E-state index in [1.54, 1.807) is 17.0 Å². The van der Waals surface area contributed by atoms with E-state index >= 15 is 0 Å². The number of nitrogens with zero attached hydrogens (tertiary/aromatic N) is 3. The zero-order chi connectivity index (χ0) is 20.4. The average Bonchev–Trinajstić information content (AvgIpc) is 3.13. The molecule has 4 aromatic rings. The number of aromatic nitrogens is 3. The minimum absolute atomic E-state index is 0.115. The van der Waals surface area contributed by atoms with Crippen LogP contribution in [0.2, 0.25) is 0 Å². The molecule has 0 amide bonds. The lowest BCUT2D eigenvalue weighted by atomic mass is 10.1. The number of nitrogens with one attached hydrogen (secondary N) is 1. The number of aryl methyl sites for hydroxylation is 2. The van der Waals surface area contributed by atoms with Gasteiger partial charge in [-0.3, -0.25) is 0 Å². The molecular weight excluding hydrogens is 367 g/mol. The summed E-state index contributed by atoms with van der Waals surface area (Å²) in [5.41, 5.74) is 5.53. The molecule has 0 bridgehead atoms. The smallest absolute Gasteiger partial charge is 0.229 e. The molecule has 6 heteroatoms. The second-order valence-electron chi connectivity index (χ2n) is 7.00. The molecular formula is C23H21FN4O. The standard InChI is InChI=1S/C23H21FN4O/c1-15-8-16(2)10-19(9-15)26-23-25-11-21(24)22(27-23)28-12-18(14-29)20(13-28)17-6-4-3-5-7-17/h3-13,29H,14H2,1-2H3,(H,25,26,27). The fourth-order valence-electron chi connectivity index (χ4n) is 3.40. The van der Waals surface area contributed by atoms with Crippen LogP contribution in [0.4, 0.5) is 16.0 Å². The van der Waals surface area contributed by atoms with Crippen LogP contribution in [0, 0.1) is 19.7 Å². The Labute approximate surface area is 168 Å². The molecule has 2 heterocycles. The molecule has 4 rings (SSSR count). The first-order valence-electron chi connectivity index (χ1n) is 9.29. The van der Waals surface area contributed by atoms with E-state index in [1.807, 2.05) is 56.3 Å². The molecule has 0 aliphatic carbocycles. The summed E-state index contributed by atoms with van der Waals surface area (Å²) in [6.45, 7) is 3.87. The van der Waals surface area contributed by atoms with Crippen molar-refractivity contribution in [3.8, 4) is 16.9 Å². The molecule has 2 N–H and O–H groups in total. The first-order valence-corrected chi connectivity index (χ1v) is 9.29. The van der Waals surface area contributed by atoms with Crippen LogP contribution in [0.5, 0.6) is 0 Å². The van der Waals surface area contributed by atoms with Gasteiger partial charge in [-0.15, -0.1) is 0 Å². The Kier molecular flexibility index (Phi) is 5.10. The molecule has 2 aromatic carbocycles. The van der Waals surface area contributed by atoms with E-state index in [-0.39, 0.29) is 12.4 Å². The molecule has 0 spiro atoms. The van der Waals surface area contributed by atoms with E-state index in [4.69, 9.17) is 0 Å². The minimum atomic E-state index is -0.546. The van der Waals surface area contributed by atoms with Crippen LogP contribution < -0.4 is 5.32 Å². The highest BCUT2D eigenvalue weighted by Crippen LogP contribution is 2.27. The van der Waals surface area contributed by atoms with E-state index in [9.17, 15) is 9.50 Å². The Balaban J connectivity index is 1.72. The molecule has 0 aliphatic heterocycles. The Hall–Kier alpha value is -3.51. The quantitative estimate of drug-likeness (QED) is 0.509. The monoisotopic (exact) mass is 388 g/mol. The number of benzene rings is 2. The summed E-state index contributed by atoms with van der Waals surface area (Å²) in [5, 5.41) is 12.9. The second-order valence-corrected chi connectivity index (χ2v) is 7.00. The summed E-state index contributed by atoms with van der Waals surface area (Å²) < 4.78 is 16.1. The lowest BCUT2D eigenvalue weighted by Crippen LogP contribution is -2.05. The Morgan fingerprint density at radius 3 is 2.45 bits per heavy atom. The van der Waals surface area contributed by atoms with Crippen LogP contribution in [-0.2, 0) is 6.61 Å². The van der Waals surface area contributed by atoms with Crippen LogP contribution in [-0.4, -0.2) is 19.6 Å². The van der Waals surface area contributed by atoms with Gasteiger partial charge in [0.2, 0.25) is 5.95 Å². The van der Waals surface area contributed by atoms with Gasteiger partial charge < -0.3 is 15.0 Å². The Bertz CT molecular complexity index is 1130. The number of halogens is 1. The molecule has 146 valence electrons. The maximum absolute atomic E-state index is 14.5. The van der Waals surface area contributed by atoms with Crippen LogP contribution >= 0.6 is 0 Å². The van der Waals surface area contributed by atoms with Gasteiger partial charge in [-0.25, -0.2) is 9.37 Å². The third kappa shape index (κ3) is 4.02. The third-order valence-corrected chi connectivity index (χ3v) is 4.61. The Morgan fingerprint density at radius 2 is 1.76 bits per heavy atom. The van der Waals surface area contributed by atoms with E-state index in [2.05, 4.69) is 21.4 Å². The SMILES string of the molecule is Cc1cc(C)cc(Nc2ncc(F)c(-n3cc(CO)c(-c4ccccc4)c3)n2)c1. The summed E-state index contributed by atoms with van der Waals surface area (Å²) in [5.74, 6) is -0.134. The summed E-state index contributed by atoms with van der Waals surface area (Å²) in [4.78, 5) is 8.43. The molecule has 0 unspecified atom stereocenters. The molecule has 0 atom stereocenters. The van der Waals surface area contributed by atoms with Gasteiger partial charge in [0, 0.05) is 29.2 Å². The van der Waals surface area contributed by atoms with E-state index < -0.39 is 5.82 Å². The van der Waals surface area contributed by atoms with Crippen molar-refractivity contribution in [2.75, 3.05) is 5.32 Å². The lowest BCUT2D eigenvalue weighted by molar-refractivity contribution is 0.282. The number of aliphatic hydroxyl groups is 1. The molecule has 0 saturated carbocycles. The van der Waals surface area contributed by atoms with Crippen LogP contribution in [0.1, 0.15) is 16.7 Å². The van der Waals surface area contributed by atoms with Gasteiger partial charge >= 0.3 is 0 Å². The van der Waals surface area contributed by atoms with E-state index in [0.29, 0.717) is 11.5 Å². The molecule has 0 saturated heterocycles. The van der Waals surface area contributed by atoms with Gasteiger partial charge in [-0.1, -0.05) is 36.4 Å². The molecule has 0 radical (unpaired) electrons. The highest BCUT2D eigenvalue weighted by Gasteiger charge is 2.14. The average molecular weight is 388 g/mol. The van der Waals surface area contributed by atoms with Crippen molar-refractivity contribution in [2.45, 2.75) is 20.5 Å². The number of aliphatic hydroxyl groups excluding tert-OH is 1. The maximum atomic E-state index is 14.5. The van der Waals surface area contributed by atoms with Crippen LogP contribution in [0.15, 0.2) is 67.1 Å². The summed E-state index contributed by atoms with van der Waals surface area (Å²) in [6.07, 6.45) is 4.61. The number of hydrogen-bond donors (Lipinski definition) is 2. The van der Waals surface area contributed by atoms with Crippen molar-refractivity contribution in [1.29, 1.82) is 0 Å². The van der Waals surface area contributed by atoms with Crippen molar-refractivity contribution in [2.24, 2.45) is 0 Å². The number of anilines is 2. The van der Waals surface area contributed by atoms with Gasteiger partial charge in [0.15, 0.2) is 11.6 Å². The lowest BCUT2D eigenvalue weighted by Gasteiger charge is -2.09. The normalized spacial score (nSPS) is 10.9. The topological polar surface area (TPSA) is 63.0 Å². The zero-order valence-electron chi connectivity index (χ0n) is 16.2. The fourth-order valence-corrected chi connectivity index (χ4v) is 3.40. The first-order chi connectivity index (χ1) is 14.0. The van der Waals surface area contributed by atoms with Gasteiger partial charge in [-0.05, 0) is 42.7 Å². The number of hydrogen-bond acceptors (Lipinski definition) is 4. The number of rotatable bonds is 5. The van der Waals surface area contributed by atoms with Crippen LogP contribution in [0.3, 0.4) is 0 Å². The molecule has 0 fully saturated rings. The molecule has 5 nitrogen and oxygen atoms in total. The van der Waals surface area contributed by atoms with Crippen LogP contribution in [0.25, 0.3) is 16.9 Å². The van der Waals surface area contributed by atoms with Gasteiger partial charge in [-0.2, -0.15) is 4.98 Å². The molecule has 0 aliphatic rings. The maximum Gasteiger partial charge on any atom is 0.229 e. The van der Waals surface area contributed by atoms with E-state index in [0.717, 1.165) is 34.1 Å². The van der Waals surface area contributed by atoms with Crippen molar-refractivity contribution in [1.82, 2.24) is 14.5 Å². The minimum Gasteiger partial charge on any atom is -0.392 e. The summed E-state index contributed by atoms with van der Waals surface area (Å²) in [6, 6.07) is 15.7. The van der Waals surface area contributed by atoms with Gasteiger partial charge in [0.25, 0.3) is 0 Å². The zero-order valence-corrected chi connectivity index (χ0v) is 16.2. The Morgan fingerprint density at radius 1 is 1.03 bits per heavy atom. The third-order valence-electron chi connectivity index (χ3n) is 4.61. The van der Waals surface area contributed by atoms with Crippen molar-refractivity contribution >= 4 is 11.6 Å².